The largest absolute Gasteiger partial charge is 0.466 e. The number of aliphatic hydroxyl groups is 3. The molecule has 2 heterocycles. The zero-order valence-corrected chi connectivity index (χ0v) is 24.6. The Morgan fingerprint density at radius 3 is 1.73 bits per heavy atom. The first-order valence-corrected chi connectivity index (χ1v) is 13.6. The van der Waals surface area contributed by atoms with Crippen molar-refractivity contribution in [3.8, 4) is 0 Å². The van der Waals surface area contributed by atoms with Gasteiger partial charge in [-0.05, 0) is 56.8 Å². The molecule has 2 aliphatic heterocycles. The van der Waals surface area contributed by atoms with Crippen LogP contribution in [0.25, 0.3) is 0 Å². The van der Waals surface area contributed by atoms with Gasteiger partial charge in [-0.25, -0.2) is 14.4 Å². The highest BCUT2D eigenvalue weighted by Crippen LogP contribution is 2.39. The number of carbonyl (C=O) groups excluding carboxylic acids is 3. The van der Waals surface area contributed by atoms with Gasteiger partial charge in [-0.3, -0.25) is 0 Å². The fraction of sp³-hybridized carbons (Fsp3) is 0.690. The van der Waals surface area contributed by atoms with Crippen LogP contribution in [0.4, 0.5) is 0 Å². The Kier molecular flexibility index (Phi) is 10.9. The molecule has 3 aliphatic carbocycles. The number of hydrogen-bond donors (Lipinski definition) is 3. The van der Waals surface area contributed by atoms with Crippen molar-refractivity contribution in [3.63, 3.8) is 0 Å². The topological polar surface area (TPSA) is 171 Å². The molecule has 41 heavy (non-hydrogen) atoms. The highest BCUT2D eigenvalue weighted by Gasteiger charge is 2.48. The van der Waals surface area contributed by atoms with Gasteiger partial charge in [0.2, 0.25) is 0 Å². The molecule has 230 valence electrons. The molecule has 0 amide bonds. The van der Waals surface area contributed by atoms with Gasteiger partial charge < -0.3 is 43.7 Å². The van der Waals surface area contributed by atoms with Crippen molar-refractivity contribution >= 4 is 17.9 Å². The summed E-state index contributed by atoms with van der Waals surface area (Å²) in [6.45, 7) is 7.63. The maximum atomic E-state index is 11.5. The Bertz CT molecular complexity index is 1080. The van der Waals surface area contributed by atoms with E-state index in [1.54, 1.807) is 6.92 Å². The number of esters is 3. The number of hydrogen-bond acceptors (Lipinski definition) is 12. The van der Waals surface area contributed by atoms with Crippen LogP contribution < -0.4 is 0 Å². The summed E-state index contributed by atoms with van der Waals surface area (Å²) in [6, 6.07) is 0. The van der Waals surface area contributed by atoms with Crippen molar-refractivity contribution in [3.05, 3.63) is 34.9 Å². The van der Waals surface area contributed by atoms with Crippen LogP contribution in [-0.2, 0) is 42.8 Å². The van der Waals surface area contributed by atoms with E-state index in [-0.39, 0.29) is 48.2 Å². The lowest BCUT2D eigenvalue weighted by Gasteiger charge is -2.27. The van der Waals surface area contributed by atoms with E-state index < -0.39 is 30.1 Å². The van der Waals surface area contributed by atoms with Crippen LogP contribution in [0.1, 0.15) is 47.0 Å². The van der Waals surface area contributed by atoms with Crippen molar-refractivity contribution in [1.29, 1.82) is 0 Å². The minimum Gasteiger partial charge on any atom is -0.466 e. The first-order valence-electron chi connectivity index (χ1n) is 13.6. The Balaban J connectivity index is 0.000000171. The molecule has 0 aromatic rings. The summed E-state index contributed by atoms with van der Waals surface area (Å²) in [6.07, 6.45) is 3.88. The summed E-state index contributed by atoms with van der Waals surface area (Å²) in [4.78, 5) is 33.6. The molecular formula is C29H42O12. The fourth-order valence-corrected chi connectivity index (χ4v) is 5.35. The molecule has 2 fully saturated rings. The van der Waals surface area contributed by atoms with Crippen LogP contribution >= 0.6 is 0 Å². The fourth-order valence-electron chi connectivity index (χ4n) is 5.35. The quantitative estimate of drug-likeness (QED) is 0.246. The first kappa shape index (κ1) is 32.9. The zero-order valence-electron chi connectivity index (χ0n) is 24.6. The molecule has 0 spiro atoms. The molecule has 7 unspecified atom stereocenters. The molecule has 0 aromatic carbocycles. The van der Waals surface area contributed by atoms with Gasteiger partial charge in [-0.2, -0.15) is 0 Å². The Labute approximate surface area is 239 Å². The molecule has 0 radical (unpaired) electrons. The summed E-state index contributed by atoms with van der Waals surface area (Å²) < 4.78 is 30.4. The minimum atomic E-state index is -0.960. The smallest absolute Gasteiger partial charge is 0.333 e. The molecule has 12 heteroatoms. The average Bonchev–Trinajstić information content (AvgIpc) is 3.65. The number of fused-ring (bicyclic) bond motifs is 2. The molecule has 5 rings (SSSR count). The minimum absolute atomic E-state index is 0.0269. The van der Waals surface area contributed by atoms with Gasteiger partial charge in [0.25, 0.3) is 0 Å². The van der Waals surface area contributed by atoms with Gasteiger partial charge >= 0.3 is 17.9 Å². The van der Waals surface area contributed by atoms with Gasteiger partial charge in [0.15, 0.2) is 5.79 Å². The Morgan fingerprint density at radius 1 is 0.732 bits per heavy atom. The van der Waals surface area contributed by atoms with Gasteiger partial charge in [0, 0.05) is 23.1 Å². The molecule has 9 atom stereocenters. The number of epoxide rings is 1. The summed E-state index contributed by atoms with van der Waals surface area (Å²) in [5.74, 6) is -1.48. The van der Waals surface area contributed by atoms with Gasteiger partial charge in [-0.15, -0.1) is 0 Å². The SMILES string of the molecule is COC(=O)C1=CC(O)C(O)[C@H](C)C1.COC(=O)C1=CC(O)C2OC2C1.COC(=O)C1=CC2OC(C)(C)OC2[C@H](C)C1. The van der Waals surface area contributed by atoms with Crippen LogP contribution in [0.2, 0.25) is 0 Å². The summed E-state index contributed by atoms with van der Waals surface area (Å²) in [5.41, 5.74) is 1.65. The highest BCUT2D eigenvalue weighted by atomic mass is 16.8. The maximum absolute atomic E-state index is 11.5. The van der Waals surface area contributed by atoms with Crippen LogP contribution in [-0.4, -0.2) is 103 Å². The molecule has 0 saturated carbocycles. The summed E-state index contributed by atoms with van der Waals surface area (Å²) in [7, 11) is 4.02. The molecule has 12 nitrogen and oxygen atoms in total. The molecule has 0 aromatic heterocycles. The van der Waals surface area contributed by atoms with Gasteiger partial charge in [0.1, 0.15) is 18.3 Å². The van der Waals surface area contributed by atoms with E-state index in [1.165, 1.54) is 33.5 Å². The van der Waals surface area contributed by atoms with E-state index >= 15 is 0 Å². The lowest BCUT2D eigenvalue weighted by Crippen LogP contribution is -2.35. The molecular weight excluding hydrogens is 540 g/mol. The lowest BCUT2D eigenvalue weighted by atomic mass is 9.86. The van der Waals surface area contributed by atoms with Crippen LogP contribution in [0, 0.1) is 11.8 Å². The van der Waals surface area contributed by atoms with Crippen molar-refractivity contribution in [2.24, 2.45) is 11.8 Å². The van der Waals surface area contributed by atoms with E-state index in [0.717, 1.165) is 0 Å². The third kappa shape index (κ3) is 8.24. The lowest BCUT2D eigenvalue weighted by molar-refractivity contribution is -0.146. The second-order valence-corrected chi connectivity index (χ2v) is 11.3. The van der Waals surface area contributed by atoms with Crippen LogP contribution in [0.15, 0.2) is 34.9 Å². The average molecular weight is 583 g/mol. The monoisotopic (exact) mass is 582 g/mol. The van der Waals surface area contributed by atoms with Crippen LogP contribution in [0.5, 0.6) is 0 Å². The van der Waals surface area contributed by atoms with E-state index in [1.807, 2.05) is 19.9 Å². The van der Waals surface area contributed by atoms with Crippen molar-refractivity contribution in [2.75, 3.05) is 21.3 Å². The van der Waals surface area contributed by atoms with E-state index in [4.69, 9.17) is 18.9 Å². The van der Waals surface area contributed by atoms with Crippen LogP contribution in [0.3, 0.4) is 0 Å². The van der Waals surface area contributed by atoms with E-state index in [2.05, 4.69) is 16.4 Å². The second-order valence-electron chi connectivity index (χ2n) is 11.3. The predicted octanol–water partition coefficient (Wildman–Crippen LogP) is 1.11. The highest BCUT2D eigenvalue weighted by molar-refractivity contribution is 5.89. The van der Waals surface area contributed by atoms with E-state index in [0.29, 0.717) is 36.0 Å². The molecule has 0 bridgehead atoms. The number of rotatable bonds is 3. The molecule has 2 saturated heterocycles. The Morgan fingerprint density at radius 2 is 1.22 bits per heavy atom. The summed E-state index contributed by atoms with van der Waals surface area (Å²) >= 11 is 0. The molecule has 5 aliphatic rings. The van der Waals surface area contributed by atoms with Crippen molar-refractivity contribution < 1.29 is 58.1 Å². The van der Waals surface area contributed by atoms with Gasteiger partial charge in [0.05, 0.1) is 45.7 Å². The van der Waals surface area contributed by atoms with Crippen molar-refractivity contribution in [1.82, 2.24) is 0 Å². The number of ether oxygens (including phenoxy) is 6. The number of carbonyl (C=O) groups is 3. The standard InChI is InChI=1S/C12H18O4.C9H14O4.C8H10O4/c1-7-5-8(11(13)14-4)6-9-10(7)16-12(2,3)15-9;1-5-3-6(9(12)13-2)4-7(10)8(5)11;1-11-8(10)4-2-5(9)7-6(3-4)12-7/h6-7,9-10H,5H2,1-4H3;4-5,7-8,10-11H,3H2,1-2H3;2,5-7,9H,3H2,1H3/t7-,9?,10?;5-,7?,8?;/m11./s1. The zero-order chi connectivity index (χ0) is 30.6. The van der Waals surface area contributed by atoms with E-state index in [9.17, 15) is 29.7 Å². The molecule has 3 N–H and O–H groups in total. The number of methoxy groups -OCH3 is 3. The third-order valence-corrected chi connectivity index (χ3v) is 7.57. The number of aliphatic hydroxyl groups excluding tert-OH is 3. The first-order chi connectivity index (χ1) is 19.2. The summed E-state index contributed by atoms with van der Waals surface area (Å²) in [5, 5.41) is 28.0. The maximum Gasteiger partial charge on any atom is 0.333 e. The van der Waals surface area contributed by atoms with Crippen molar-refractivity contribution in [2.45, 2.75) is 95.5 Å². The Hall–Kier alpha value is -2.61. The second kappa shape index (κ2) is 13.6. The third-order valence-electron chi connectivity index (χ3n) is 7.57. The normalized spacial score (nSPS) is 36.1. The predicted molar refractivity (Wildman–Crippen MR) is 143 cm³/mol. The van der Waals surface area contributed by atoms with Gasteiger partial charge in [-0.1, -0.05) is 13.8 Å².